The first-order chi connectivity index (χ1) is 12.2. The highest BCUT2D eigenvalue weighted by molar-refractivity contribution is 5.76. The summed E-state index contributed by atoms with van der Waals surface area (Å²) < 4.78 is 2.38. The molecule has 2 saturated heterocycles. The van der Waals surface area contributed by atoms with E-state index in [2.05, 4.69) is 52.5 Å². The number of fused-ring (bicyclic) bond motifs is 2. The standard InChI is InChI=1S/C20H30N4O/c1-15(2)24-19-8-4-3-7-18(19)21-20(24)14-23-13-16-6-5-10-22(16)12-17(23)9-11-25/h3-4,7-8,15-17,25H,5-6,9-14H2,1-2H3/t16?,17-/m0/s1. The number of para-hydroxylation sites is 2. The summed E-state index contributed by atoms with van der Waals surface area (Å²) in [4.78, 5) is 10.2. The summed E-state index contributed by atoms with van der Waals surface area (Å²) in [5.74, 6) is 1.16. The third kappa shape index (κ3) is 3.21. The van der Waals surface area contributed by atoms with Gasteiger partial charge in [0, 0.05) is 37.8 Å². The van der Waals surface area contributed by atoms with E-state index in [0.29, 0.717) is 18.1 Å². The molecule has 2 aliphatic rings. The molecule has 0 aliphatic carbocycles. The Kier molecular flexibility index (Phi) is 4.80. The summed E-state index contributed by atoms with van der Waals surface area (Å²) in [6.45, 7) is 9.03. The molecule has 0 bridgehead atoms. The molecule has 5 nitrogen and oxygen atoms in total. The van der Waals surface area contributed by atoms with Gasteiger partial charge in [0.1, 0.15) is 5.82 Å². The summed E-state index contributed by atoms with van der Waals surface area (Å²) in [6.07, 6.45) is 3.48. The molecule has 0 spiro atoms. The first-order valence-corrected chi connectivity index (χ1v) is 9.72. The zero-order chi connectivity index (χ0) is 17.4. The molecule has 5 heteroatoms. The van der Waals surface area contributed by atoms with Gasteiger partial charge in [-0.25, -0.2) is 4.98 Å². The van der Waals surface area contributed by atoms with Crippen molar-refractivity contribution in [1.29, 1.82) is 0 Å². The summed E-state index contributed by atoms with van der Waals surface area (Å²) in [6, 6.07) is 9.95. The number of piperazine rings is 1. The lowest BCUT2D eigenvalue weighted by Crippen LogP contribution is -2.56. The first kappa shape index (κ1) is 17.0. The van der Waals surface area contributed by atoms with Gasteiger partial charge < -0.3 is 9.67 Å². The largest absolute Gasteiger partial charge is 0.396 e. The molecule has 0 radical (unpaired) electrons. The Morgan fingerprint density at radius 1 is 1.24 bits per heavy atom. The Labute approximate surface area is 150 Å². The van der Waals surface area contributed by atoms with Crippen LogP contribution in [0.4, 0.5) is 0 Å². The summed E-state index contributed by atoms with van der Waals surface area (Å²) in [7, 11) is 0. The average molecular weight is 342 g/mol. The molecule has 2 aromatic rings. The SMILES string of the molecule is CC(C)n1c(CN2CC3CCCN3C[C@@H]2CCO)nc2ccccc21. The van der Waals surface area contributed by atoms with Gasteiger partial charge in [0.05, 0.1) is 17.6 Å². The lowest BCUT2D eigenvalue weighted by molar-refractivity contribution is 0.0310. The second-order valence-electron chi connectivity index (χ2n) is 7.87. The lowest BCUT2D eigenvalue weighted by atomic mass is 10.0. The normalized spacial score (nSPS) is 25.1. The lowest BCUT2D eigenvalue weighted by Gasteiger charge is -2.43. The molecule has 25 heavy (non-hydrogen) atoms. The highest BCUT2D eigenvalue weighted by Crippen LogP contribution is 2.28. The zero-order valence-electron chi connectivity index (χ0n) is 15.4. The minimum atomic E-state index is 0.264. The first-order valence-electron chi connectivity index (χ1n) is 9.72. The fourth-order valence-corrected chi connectivity index (χ4v) is 4.73. The molecule has 136 valence electrons. The second-order valence-corrected chi connectivity index (χ2v) is 7.87. The van der Waals surface area contributed by atoms with E-state index in [1.165, 1.54) is 24.9 Å². The van der Waals surface area contributed by atoms with E-state index in [4.69, 9.17) is 4.98 Å². The molecule has 3 heterocycles. The number of nitrogens with zero attached hydrogens (tertiary/aromatic N) is 4. The van der Waals surface area contributed by atoms with Crippen molar-refractivity contribution < 1.29 is 5.11 Å². The quantitative estimate of drug-likeness (QED) is 0.907. The number of rotatable bonds is 5. The van der Waals surface area contributed by atoms with Gasteiger partial charge in [-0.3, -0.25) is 9.80 Å². The highest BCUT2D eigenvalue weighted by atomic mass is 16.3. The van der Waals surface area contributed by atoms with Gasteiger partial charge >= 0.3 is 0 Å². The molecule has 2 fully saturated rings. The number of hydrogen-bond acceptors (Lipinski definition) is 4. The molecule has 1 N–H and O–H groups in total. The van der Waals surface area contributed by atoms with Crippen LogP contribution in [0.5, 0.6) is 0 Å². The average Bonchev–Trinajstić information content (AvgIpc) is 3.18. The third-order valence-corrected chi connectivity index (χ3v) is 5.90. The van der Waals surface area contributed by atoms with E-state index in [-0.39, 0.29) is 6.61 Å². The Balaban J connectivity index is 1.63. The van der Waals surface area contributed by atoms with Crippen LogP contribution in [0.1, 0.15) is 45.0 Å². The van der Waals surface area contributed by atoms with Gasteiger partial charge in [0.2, 0.25) is 0 Å². The summed E-state index contributed by atoms with van der Waals surface area (Å²) in [5, 5.41) is 9.53. The molecular formula is C20H30N4O. The Hall–Kier alpha value is -1.43. The number of benzene rings is 1. The van der Waals surface area contributed by atoms with Gasteiger partial charge in [0.25, 0.3) is 0 Å². The van der Waals surface area contributed by atoms with Crippen molar-refractivity contribution in [3.63, 3.8) is 0 Å². The Morgan fingerprint density at radius 3 is 2.88 bits per heavy atom. The van der Waals surface area contributed by atoms with Crippen LogP contribution >= 0.6 is 0 Å². The third-order valence-electron chi connectivity index (χ3n) is 5.90. The minimum absolute atomic E-state index is 0.264. The van der Waals surface area contributed by atoms with Crippen LogP contribution in [-0.4, -0.2) is 62.8 Å². The van der Waals surface area contributed by atoms with Crippen LogP contribution in [-0.2, 0) is 6.54 Å². The van der Waals surface area contributed by atoms with Gasteiger partial charge in [0.15, 0.2) is 0 Å². The number of aliphatic hydroxyl groups is 1. The number of aromatic nitrogens is 2. The Morgan fingerprint density at radius 2 is 2.08 bits per heavy atom. The van der Waals surface area contributed by atoms with Crippen LogP contribution in [0.3, 0.4) is 0 Å². The highest BCUT2D eigenvalue weighted by Gasteiger charge is 2.36. The number of aliphatic hydroxyl groups excluding tert-OH is 1. The van der Waals surface area contributed by atoms with E-state index in [9.17, 15) is 5.11 Å². The van der Waals surface area contributed by atoms with E-state index in [0.717, 1.165) is 37.4 Å². The van der Waals surface area contributed by atoms with E-state index in [1.807, 2.05) is 0 Å². The monoisotopic (exact) mass is 342 g/mol. The maximum absolute atomic E-state index is 9.53. The second kappa shape index (κ2) is 7.06. The molecular weight excluding hydrogens is 312 g/mol. The van der Waals surface area contributed by atoms with Crippen molar-refractivity contribution in [1.82, 2.24) is 19.4 Å². The van der Waals surface area contributed by atoms with Crippen LogP contribution in [0, 0.1) is 0 Å². The molecule has 1 aromatic heterocycles. The topological polar surface area (TPSA) is 44.5 Å². The van der Waals surface area contributed by atoms with Gasteiger partial charge in [-0.15, -0.1) is 0 Å². The molecule has 0 amide bonds. The van der Waals surface area contributed by atoms with Crippen molar-refractivity contribution in [2.75, 3.05) is 26.2 Å². The van der Waals surface area contributed by atoms with Crippen LogP contribution < -0.4 is 0 Å². The van der Waals surface area contributed by atoms with Crippen molar-refractivity contribution in [2.45, 2.75) is 57.8 Å². The van der Waals surface area contributed by atoms with Crippen LogP contribution in [0.25, 0.3) is 11.0 Å². The molecule has 4 rings (SSSR count). The molecule has 2 atom stereocenters. The fraction of sp³-hybridized carbons (Fsp3) is 0.650. The molecule has 2 aliphatic heterocycles. The van der Waals surface area contributed by atoms with E-state index < -0.39 is 0 Å². The maximum atomic E-state index is 9.53. The smallest absolute Gasteiger partial charge is 0.124 e. The van der Waals surface area contributed by atoms with Gasteiger partial charge in [-0.05, 0) is 51.8 Å². The maximum Gasteiger partial charge on any atom is 0.124 e. The fourth-order valence-electron chi connectivity index (χ4n) is 4.73. The van der Waals surface area contributed by atoms with Gasteiger partial charge in [-0.2, -0.15) is 0 Å². The van der Waals surface area contributed by atoms with Crippen molar-refractivity contribution >= 4 is 11.0 Å². The minimum Gasteiger partial charge on any atom is -0.396 e. The Bertz CT molecular complexity index is 726. The van der Waals surface area contributed by atoms with Crippen molar-refractivity contribution in [2.24, 2.45) is 0 Å². The van der Waals surface area contributed by atoms with Crippen LogP contribution in [0.2, 0.25) is 0 Å². The van der Waals surface area contributed by atoms with E-state index >= 15 is 0 Å². The van der Waals surface area contributed by atoms with Gasteiger partial charge in [-0.1, -0.05) is 12.1 Å². The van der Waals surface area contributed by atoms with Crippen molar-refractivity contribution in [3.8, 4) is 0 Å². The van der Waals surface area contributed by atoms with Crippen molar-refractivity contribution in [3.05, 3.63) is 30.1 Å². The zero-order valence-corrected chi connectivity index (χ0v) is 15.4. The van der Waals surface area contributed by atoms with Crippen LogP contribution in [0.15, 0.2) is 24.3 Å². The predicted octanol–water partition coefficient (Wildman–Crippen LogP) is 2.65. The molecule has 1 aromatic carbocycles. The summed E-state index contributed by atoms with van der Waals surface area (Å²) in [5.41, 5.74) is 2.31. The number of imidazole rings is 1. The summed E-state index contributed by atoms with van der Waals surface area (Å²) >= 11 is 0. The molecule has 1 unspecified atom stereocenters. The van der Waals surface area contributed by atoms with E-state index in [1.54, 1.807) is 0 Å². The molecule has 0 saturated carbocycles. The number of hydrogen-bond donors (Lipinski definition) is 1. The predicted molar refractivity (Wildman–Crippen MR) is 101 cm³/mol.